The number of phenols is 2. The van der Waals surface area contributed by atoms with Crippen molar-refractivity contribution >= 4 is 0 Å². The van der Waals surface area contributed by atoms with Crippen LogP contribution in [0.15, 0.2) is 110 Å². The molecule has 0 spiro atoms. The Bertz CT molecular complexity index is 2790. The fraction of sp³-hybridized carbons (Fsp3) is 0.419. The van der Waals surface area contributed by atoms with E-state index < -0.39 is 0 Å². The number of aromatic hydroxyl groups is 2. The van der Waals surface area contributed by atoms with E-state index in [1.165, 1.54) is 0 Å². The van der Waals surface area contributed by atoms with Crippen molar-refractivity contribution in [1.82, 2.24) is 30.0 Å². The highest BCUT2D eigenvalue weighted by Gasteiger charge is 2.29. The van der Waals surface area contributed by atoms with Gasteiger partial charge >= 0.3 is 0 Å². The summed E-state index contributed by atoms with van der Waals surface area (Å²) < 4.78 is 17.8. The molecule has 0 unspecified atom stereocenters. The van der Waals surface area contributed by atoms with E-state index in [4.69, 9.17) is 9.47 Å². The summed E-state index contributed by atoms with van der Waals surface area (Å²) in [5.41, 5.74) is 12.1. The van der Waals surface area contributed by atoms with E-state index in [0.29, 0.717) is 38.8 Å². The van der Waals surface area contributed by atoms with Gasteiger partial charge in [0, 0.05) is 37.5 Å². The van der Waals surface area contributed by atoms with Gasteiger partial charge in [-0.15, -0.1) is 10.2 Å². The summed E-state index contributed by atoms with van der Waals surface area (Å²) in [6, 6.07) is 17.7. The Labute approximate surface area is 427 Å². The molecule has 0 saturated carbocycles. The van der Waals surface area contributed by atoms with Gasteiger partial charge in [-0.3, -0.25) is 9.36 Å². The molecule has 0 radical (unpaired) electrons. The molecule has 8 bridgehead atoms. The number of nitrogens with zero attached hydrogens (tertiary/aromatic N) is 6. The molecule has 9 rings (SSSR count). The molecular weight excluding hydrogens is 893 g/mol. The second kappa shape index (κ2) is 19.4. The summed E-state index contributed by atoms with van der Waals surface area (Å²) in [6.45, 7) is 28.5. The molecule has 0 aliphatic heterocycles. The number of hydrogen-bond acceptors (Lipinski definition) is 8. The lowest BCUT2D eigenvalue weighted by atomic mass is 9.79. The largest absolute Gasteiger partial charge is 0.507 e. The van der Waals surface area contributed by atoms with Gasteiger partial charge in [-0.1, -0.05) is 191 Å². The lowest BCUT2D eigenvalue weighted by Gasteiger charge is -2.28. The zero-order valence-corrected chi connectivity index (χ0v) is 44.6. The van der Waals surface area contributed by atoms with Gasteiger partial charge in [-0.2, -0.15) is 0 Å². The molecule has 2 heterocycles. The maximum atomic E-state index is 12.8. The average molecular weight is 967 g/mol. The molecule has 376 valence electrons. The van der Waals surface area contributed by atoms with E-state index in [1.807, 2.05) is 21.8 Å². The van der Waals surface area contributed by atoms with Crippen LogP contribution in [0.1, 0.15) is 161 Å². The van der Waals surface area contributed by atoms with E-state index in [-0.39, 0.29) is 58.2 Å². The molecule has 10 nitrogen and oxygen atoms in total. The minimum atomic E-state index is -0.232. The minimum Gasteiger partial charge on any atom is -0.507 e. The fourth-order valence-electron chi connectivity index (χ4n) is 9.93. The first kappa shape index (κ1) is 50.3. The predicted molar refractivity (Wildman–Crippen MR) is 287 cm³/mol. The Morgan fingerprint density at radius 2 is 0.694 bits per heavy atom. The SMILES string of the molecule is CC(C)(C)c1cc2c(O)c(c1)Cc1cc(C(C)(C)C)cc(c1OCc1cn(CC3C=CC=C3)nn1)Cc1cc(C(C)(C)C)cc(c1O)Cc1cc(C(C)(C)C)cc(c1OCc1cn(CC3C=CC=C3)nn1)C2. The van der Waals surface area contributed by atoms with Crippen LogP contribution in [-0.4, -0.2) is 40.2 Å². The minimum absolute atomic E-state index is 0.197. The van der Waals surface area contributed by atoms with Crippen LogP contribution in [-0.2, 0) is 73.6 Å². The van der Waals surface area contributed by atoms with Crippen molar-refractivity contribution in [3.8, 4) is 23.0 Å². The molecule has 0 saturated heterocycles. The third-order valence-corrected chi connectivity index (χ3v) is 14.4. The van der Waals surface area contributed by atoms with Crippen molar-refractivity contribution in [3.05, 3.63) is 188 Å². The Morgan fingerprint density at radius 3 is 0.958 bits per heavy atom. The molecule has 72 heavy (non-hydrogen) atoms. The van der Waals surface area contributed by atoms with Crippen LogP contribution in [0.3, 0.4) is 0 Å². The summed E-state index contributed by atoms with van der Waals surface area (Å²) in [7, 11) is 0. The number of phenolic OH excluding ortho intramolecular Hbond substituents is 2. The van der Waals surface area contributed by atoms with Crippen LogP contribution >= 0.6 is 0 Å². The van der Waals surface area contributed by atoms with Crippen molar-refractivity contribution in [2.75, 3.05) is 0 Å². The normalized spacial score (nSPS) is 15.3. The molecular formula is C62H74N6O4. The maximum absolute atomic E-state index is 12.8. The first-order valence-electron chi connectivity index (χ1n) is 25.7. The monoisotopic (exact) mass is 967 g/mol. The highest BCUT2D eigenvalue weighted by molar-refractivity contribution is 5.59. The predicted octanol–water partition coefficient (Wildman–Crippen LogP) is 12.8. The second-order valence-electron chi connectivity index (χ2n) is 24.5. The second-order valence-corrected chi connectivity index (χ2v) is 24.5. The van der Waals surface area contributed by atoms with Gasteiger partial charge in [0.15, 0.2) is 0 Å². The van der Waals surface area contributed by atoms with Crippen molar-refractivity contribution < 1.29 is 19.7 Å². The van der Waals surface area contributed by atoms with Crippen molar-refractivity contribution in [2.45, 2.75) is 157 Å². The quantitative estimate of drug-likeness (QED) is 0.139. The average Bonchev–Trinajstić information content (AvgIpc) is 4.15. The maximum Gasteiger partial charge on any atom is 0.134 e. The summed E-state index contributed by atoms with van der Waals surface area (Å²) in [5, 5.41) is 43.6. The lowest BCUT2D eigenvalue weighted by Crippen LogP contribution is -2.16. The lowest BCUT2D eigenvalue weighted by molar-refractivity contribution is 0.295. The summed E-state index contributed by atoms with van der Waals surface area (Å²) in [6.07, 6.45) is 22.5. The molecule has 2 N–H and O–H groups in total. The highest BCUT2D eigenvalue weighted by atomic mass is 16.5. The van der Waals surface area contributed by atoms with Gasteiger partial charge in [-0.25, -0.2) is 0 Å². The van der Waals surface area contributed by atoms with Crippen LogP contribution in [0, 0.1) is 11.8 Å². The van der Waals surface area contributed by atoms with Gasteiger partial charge in [0.25, 0.3) is 0 Å². The molecule has 4 aromatic carbocycles. The van der Waals surface area contributed by atoms with Gasteiger partial charge < -0.3 is 19.7 Å². The Hall–Kier alpha value is -6.68. The number of allylic oxidation sites excluding steroid dienone is 8. The molecule has 3 aliphatic rings. The van der Waals surface area contributed by atoms with Crippen LogP contribution in [0.4, 0.5) is 0 Å². The summed E-state index contributed by atoms with van der Waals surface area (Å²) in [4.78, 5) is 0. The molecule has 0 fully saturated rings. The zero-order valence-electron chi connectivity index (χ0n) is 44.6. The third kappa shape index (κ3) is 11.3. The van der Waals surface area contributed by atoms with Gasteiger partial charge in [0.05, 0.1) is 25.5 Å². The van der Waals surface area contributed by atoms with Crippen LogP contribution in [0.2, 0.25) is 0 Å². The van der Waals surface area contributed by atoms with Crippen LogP contribution in [0.5, 0.6) is 23.0 Å². The Morgan fingerprint density at radius 1 is 0.431 bits per heavy atom. The van der Waals surface area contributed by atoms with E-state index in [2.05, 4.69) is 201 Å². The van der Waals surface area contributed by atoms with E-state index in [9.17, 15) is 10.2 Å². The molecule has 0 amide bonds. The number of ether oxygens (including phenoxy) is 2. The summed E-state index contributed by atoms with van der Waals surface area (Å²) >= 11 is 0. The number of rotatable bonds is 10. The van der Waals surface area contributed by atoms with Crippen LogP contribution < -0.4 is 9.47 Å². The standard InChI is InChI=1S/C62H74N6O4/c1-59(2,3)49-25-41-21-45-29-51(61(7,8)9)31-47(57(45)71-37-53-35-67(65-63-53)33-39-17-13-14-18-39)23-43-27-50(60(4,5)6)28-44(56(43)70)24-48-32-52(62(10,11)12)30-46(22-42(26-49)55(41)69)58(48)72-38-54-36-68(66-64-54)34-40-19-15-16-20-40/h13-20,25-32,35-36,39-40,69-70H,21-24,33-34,37-38H2,1-12H3. The van der Waals surface area contributed by atoms with Crippen molar-refractivity contribution in [1.29, 1.82) is 0 Å². The highest BCUT2D eigenvalue weighted by Crippen LogP contribution is 2.44. The Kier molecular flexibility index (Phi) is 13.5. The molecule has 3 aliphatic carbocycles. The first-order chi connectivity index (χ1) is 33.9. The van der Waals surface area contributed by atoms with Gasteiger partial charge in [-0.05, 0) is 88.4 Å². The van der Waals surface area contributed by atoms with Crippen molar-refractivity contribution in [2.24, 2.45) is 11.8 Å². The third-order valence-electron chi connectivity index (χ3n) is 14.4. The van der Waals surface area contributed by atoms with Gasteiger partial charge in [0.2, 0.25) is 0 Å². The Balaban J connectivity index is 1.23. The van der Waals surface area contributed by atoms with Crippen LogP contribution in [0.25, 0.3) is 0 Å². The number of hydrogen-bond donors (Lipinski definition) is 2. The number of aromatic nitrogens is 6. The molecule has 10 heteroatoms. The van der Waals surface area contributed by atoms with Crippen molar-refractivity contribution in [3.63, 3.8) is 0 Å². The molecule has 0 atom stereocenters. The van der Waals surface area contributed by atoms with E-state index in [0.717, 1.165) is 89.6 Å². The number of fused-ring (bicyclic) bond motifs is 8. The summed E-state index contributed by atoms with van der Waals surface area (Å²) in [5.74, 6) is 2.49. The number of benzene rings is 4. The fourth-order valence-corrected chi connectivity index (χ4v) is 9.93. The first-order valence-corrected chi connectivity index (χ1v) is 25.7. The van der Waals surface area contributed by atoms with Gasteiger partial charge in [0.1, 0.15) is 47.6 Å². The van der Waals surface area contributed by atoms with E-state index in [1.54, 1.807) is 0 Å². The smallest absolute Gasteiger partial charge is 0.134 e. The van der Waals surface area contributed by atoms with E-state index >= 15 is 0 Å². The topological polar surface area (TPSA) is 120 Å². The molecule has 6 aromatic rings. The molecule has 2 aromatic heterocycles. The zero-order chi connectivity index (χ0) is 51.3.